The summed E-state index contributed by atoms with van der Waals surface area (Å²) < 4.78 is 17.2. The molecule has 3 rings (SSSR count). The van der Waals surface area contributed by atoms with Gasteiger partial charge in [-0.05, 0) is 33.6 Å². The Hall–Kier alpha value is -0.710. The molecule has 3 fully saturated rings. The van der Waals surface area contributed by atoms with Gasteiger partial charge in [-0.25, -0.2) is 0 Å². The number of hydrogen-bond acceptors (Lipinski definition) is 4. The van der Waals surface area contributed by atoms with Gasteiger partial charge in [0.05, 0.1) is 18.6 Å². The molecule has 3 aliphatic rings. The number of epoxide rings is 2. The fourth-order valence-corrected chi connectivity index (χ4v) is 3.77. The van der Waals surface area contributed by atoms with Crippen molar-refractivity contribution in [2.75, 3.05) is 13.7 Å². The summed E-state index contributed by atoms with van der Waals surface area (Å²) >= 11 is 0. The normalized spacial score (nSPS) is 46.4. The van der Waals surface area contributed by atoms with E-state index < -0.39 is 0 Å². The Balaban J connectivity index is 1.80. The second-order valence-electron chi connectivity index (χ2n) is 6.76. The van der Waals surface area contributed by atoms with Crippen molar-refractivity contribution in [3.05, 3.63) is 11.6 Å². The van der Waals surface area contributed by atoms with Crippen LogP contribution in [-0.2, 0) is 19.0 Å². The molecule has 1 saturated carbocycles. The van der Waals surface area contributed by atoms with E-state index in [4.69, 9.17) is 14.2 Å². The van der Waals surface area contributed by atoms with Crippen LogP contribution in [0.1, 0.15) is 40.0 Å². The van der Waals surface area contributed by atoms with Crippen LogP contribution in [0, 0.1) is 5.92 Å². The van der Waals surface area contributed by atoms with E-state index in [0.29, 0.717) is 6.42 Å². The lowest BCUT2D eigenvalue weighted by molar-refractivity contribution is -0.142. The lowest BCUT2D eigenvalue weighted by Crippen LogP contribution is -2.52. The number of ketones is 1. The number of carbonyl (C=O) groups is 1. The van der Waals surface area contributed by atoms with Gasteiger partial charge in [0.2, 0.25) is 0 Å². The molecule has 0 aromatic carbocycles. The minimum atomic E-state index is -0.382. The Kier molecular flexibility index (Phi) is 3.31. The molecule has 5 atom stereocenters. The smallest absolute Gasteiger partial charge is 0.162 e. The quantitative estimate of drug-likeness (QED) is 0.585. The molecule has 1 spiro atoms. The molecule has 0 radical (unpaired) electrons. The van der Waals surface area contributed by atoms with Gasteiger partial charge < -0.3 is 14.2 Å². The van der Waals surface area contributed by atoms with Crippen molar-refractivity contribution < 1.29 is 19.0 Å². The Labute approximate surface area is 120 Å². The lowest BCUT2D eigenvalue weighted by atomic mass is 9.69. The summed E-state index contributed by atoms with van der Waals surface area (Å²) in [5, 5.41) is 0. The van der Waals surface area contributed by atoms with Gasteiger partial charge in [0.25, 0.3) is 0 Å². The van der Waals surface area contributed by atoms with E-state index in [1.54, 1.807) is 7.11 Å². The summed E-state index contributed by atoms with van der Waals surface area (Å²) in [4.78, 5) is 12.2. The third-order valence-electron chi connectivity index (χ3n) is 5.09. The maximum Gasteiger partial charge on any atom is 0.162 e. The third kappa shape index (κ3) is 2.14. The fourth-order valence-electron chi connectivity index (χ4n) is 3.77. The van der Waals surface area contributed by atoms with Crippen molar-refractivity contribution in [1.82, 2.24) is 0 Å². The zero-order chi connectivity index (χ0) is 14.5. The van der Waals surface area contributed by atoms with Crippen molar-refractivity contribution in [2.24, 2.45) is 5.92 Å². The maximum atomic E-state index is 12.2. The predicted octanol–water partition coefficient (Wildman–Crippen LogP) is 2.26. The van der Waals surface area contributed by atoms with E-state index in [0.717, 1.165) is 19.4 Å². The van der Waals surface area contributed by atoms with Gasteiger partial charge in [-0.1, -0.05) is 11.6 Å². The highest BCUT2D eigenvalue weighted by molar-refractivity contribution is 5.85. The number of carbonyl (C=O) groups excluding carboxylic acids is 1. The number of allylic oxidation sites excluding steroid dienone is 1. The van der Waals surface area contributed by atoms with E-state index >= 15 is 0 Å². The van der Waals surface area contributed by atoms with Crippen molar-refractivity contribution in [1.29, 1.82) is 0 Å². The van der Waals surface area contributed by atoms with Gasteiger partial charge in [-0.2, -0.15) is 0 Å². The minimum Gasteiger partial charge on any atom is -0.373 e. The van der Waals surface area contributed by atoms with Gasteiger partial charge in [0.1, 0.15) is 17.3 Å². The maximum absolute atomic E-state index is 12.2. The molecule has 0 aromatic rings. The molecule has 0 N–H and O–H groups in total. The number of rotatable bonds is 4. The second kappa shape index (κ2) is 4.65. The Morgan fingerprint density at radius 2 is 2.20 bits per heavy atom. The van der Waals surface area contributed by atoms with Crippen molar-refractivity contribution >= 4 is 5.78 Å². The highest BCUT2D eigenvalue weighted by Gasteiger charge is 2.71. The highest BCUT2D eigenvalue weighted by Crippen LogP contribution is 2.58. The molecule has 0 bridgehead atoms. The van der Waals surface area contributed by atoms with Crippen molar-refractivity contribution in [3.8, 4) is 0 Å². The minimum absolute atomic E-state index is 0.0248. The van der Waals surface area contributed by atoms with Crippen LogP contribution in [-0.4, -0.2) is 42.9 Å². The van der Waals surface area contributed by atoms with Gasteiger partial charge >= 0.3 is 0 Å². The molecule has 0 unspecified atom stereocenters. The number of methoxy groups -OCH3 is 1. The molecule has 2 aliphatic heterocycles. The van der Waals surface area contributed by atoms with Gasteiger partial charge in [-0.3, -0.25) is 4.79 Å². The van der Waals surface area contributed by atoms with E-state index in [2.05, 4.69) is 26.8 Å². The Bertz CT molecular complexity index is 447. The first-order chi connectivity index (χ1) is 9.43. The van der Waals surface area contributed by atoms with E-state index in [-0.39, 0.29) is 35.1 Å². The van der Waals surface area contributed by atoms with Gasteiger partial charge in [0.15, 0.2) is 5.78 Å². The standard InChI is InChI=1S/C16H24O4/c1-10(2)5-6-12-15(3,20-12)14-13(18-4)11(17)7-8-16(14)9-19-16/h5,12-14H,6-9H2,1-4H3/t12-,13+,14+,15-,16-/m0/s1. The van der Waals surface area contributed by atoms with Crippen molar-refractivity contribution in [2.45, 2.75) is 63.4 Å². The molecular formula is C16H24O4. The fraction of sp³-hybridized carbons (Fsp3) is 0.812. The first-order valence-electron chi connectivity index (χ1n) is 7.43. The summed E-state index contributed by atoms with van der Waals surface area (Å²) in [7, 11) is 1.62. The van der Waals surface area contributed by atoms with Crippen LogP contribution in [0.15, 0.2) is 11.6 Å². The van der Waals surface area contributed by atoms with Crippen LogP contribution >= 0.6 is 0 Å². The average molecular weight is 280 g/mol. The van der Waals surface area contributed by atoms with E-state index in [9.17, 15) is 4.79 Å². The summed E-state index contributed by atoms with van der Waals surface area (Å²) in [6.07, 6.45) is 4.26. The summed E-state index contributed by atoms with van der Waals surface area (Å²) in [6, 6.07) is 0. The van der Waals surface area contributed by atoms with Crippen molar-refractivity contribution in [3.63, 3.8) is 0 Å². The number of ether oxygens (including phenoxy) is 3. The Morgan fingerprint density at radius 3 is 2.75 bits per heavy atom. The first-order valence-corrected chi connectivity index (χ1v) is 7.43. The molecule has 0 amide bonds. The summed E-state index contributed by atoms with van der Waals surface area (Å²) in [5.74, 6) is 0.216. The van der Waals surface area contributed by atoms with Gasteiger partial charge in [0, 0.05) is 13.5 Å². The highest BCUT2D eigenvalue weighted by atomic mass is 16.6. The van der Waals surface area contributed by atoms with E-state index in [1.807, 2.05) is 0 Å². The molecule has 112 valence electrons. The monoisotopic (exact) mass is 280 g/mol. The largest absolute Gasteiger partial charge is 0.373 e. The summed E-state index contributed by atoms with van der Waals surface area (Å²) in [5.41, 5.74) is 0.825. The molecular weight excluding hydrogens is 256 g/mol. The molecule has 2 saturated heterocycles. The SMILES string of the molecule is CO[C@@H]1C(=O)CC[C@]2(CO2)[C@H]1[C@@]1(C)O[C@H]1CC=C(C)C. The third-order valence-corrected chi connectivity index (χ3v) is 5.09. The zero-order valence-corrected chi connectivity index (χ0v) is 12.8. The Morgan fingerprint density at radius 1 is 1.50 bits per heavy atom. The number of hydrogen-bond donors (Lipinski definition) is 0. The molecule has 20 heavy (non-hydrogen) atoms. The lowest BCUT2D eigenvalue weighted by Gasteiger charge is -2.37. The van der Waals surface area contributed by atoms with Crippen LogP contribution < -0.4 is 0 Å². The summed E-state index contributed by atoms with van der Waals surface area (Å²) in [6.45, 7) is 7.02. The first kappa shape index (κ1) is 14.2. The predicted molar refractivity (Wildman–Crippen MR) is 74.5 cm³/mol. The van der Waals surface area contributed by atoms with E-state index in [1.165, 1.54) is 5.57 Å². The molecule has 1 aliphatic carbocycles. The zero-order valence-electron chi connectivity index (χ0n) is 12.8. The molecule has 4 nitrogen and oxygen atoms in total. The second-order valence-corrected chi connectivity index (χ2v) is 6.76. The molecule has 0 aromatic heterocycles. The molecule has 4 heteroatoms. The van der Waals surface area contributed by atoms with Crippen LogP contribution in [0.4, 0.5) is 0 Å². The van der Waals surface area contributed by atoms with Crippen LogP contribution in [0.5, 0.6) is 0 Å². The molecule has 2 heterocycles. The van der Waals surface area contributed by atoms with Crippen LogP contribution in [0.3, 0.4) is 0 Å². The van der Waals surface area contributed by atoms with Crippen LogP contribution in [0.2, 0.25) is 0 Å². The van der Waals surface area contributed by atoms with Crippen LogP contribution in [0.25, 0.3) is 0 Å². The average Bonchev–Trinajstić information content (AvgIpc) is 3.29. The van der Waals surface area contributed by atoms with Gasteiger partial charge in [-0.15, -0.1) is 0 Å². The number of Topliss-reactive ketones (excluding diaryl/α,β-unsaturated/α-hetero) is 1. The topological polar surface area (TPSA) is 51.4 Å².